The smallest absolute Gasteiger partial charge is 0.312 e. The van der Waals surface area contributed by atoms with Crippen LogP contribution in [0, 0.1) is 29.8 Å². The van der Waals surface area contributed by atoms with Gasteiger partial charge in [-0.2, -0.15) is 10.2 Å². The zero-order valence-electron chi connectivity index (χ0n) is 19.8. The molecule has 1 atom stereocenters. The molecule has 11 heteroatoms. The van der Waals surface area contributed by atoms with Crippen LogP contribution >= 0.6 is 0 Å². The number of benzene rings is 2. The van der Waals surface area contributed by atoms with Crippen molar-refractivity contribution >= 4 is 17.8 Å². The molecule has 0 aliphatic rings. The predicted octanol–water partition coefficient (Wildman–Crippen LogP) is 4.24. The number of ether oxygens (including phenoxy) is 2. The summed E-state index contributed by atoms with van der Waals surface area (Å²) in [6.07, 6.45) is 1.44. The van der Waals surface area contributed by atoms with Crippen molar-refractivity contribution in [2.24, 2.45) is 5.10 Å². The van der Waals surface area contributed by atoms with Gasteiger partial charge in [-0.05, 0) is 69.2 Å². The fraction of sp³-hybridized carbons (Fsp3) is 0.292. The summed E-state index contributed by atoms with van der Waals surface area (Å²) in [6.45, 7) is 7.14. The summed E-state index contributed by atoms with van der Waals surface area (Å²) in [4.78, 5) is 23.2. The first kappa shape index (κ1) is 25.3. The van der Waals surface area contributed by atoms with E-state index in [1.807, 2.05) is 6.92 Å². The summed E-state index contributed by atoms with van der Waals surface area (Å²) < 4.78 is 25.8. The molecular formula is C24H26FN5O5. The maximum Gasteiger partial charge on any atom is 0.312 e. The molecule has 35 heavy (non-hydrogen) atoms. The van der Waals surface area contributed by atoms with Crippen LogP contribution in [0.25, 0.3) is 0 Å². The summed E-state index contributed by atoms with van der Waals surface area (Å²) >= 11 is 0. The van der Waals surface area contributed by atoms with Gasteiger partial charge in [-0.15, -0.1) is 0 Å². The number of nitrogens with zero attached hydrogens (tertiary/aromatic N) is 4. The van der Waals surface area contributed by atoms with E-state index in [0.717, 1.165) is 5.56 Å². The average Bonchev–Trinajstić information content (AvgIpc) is 3.13. The van der Waals surface area contributed by atoms with Gasteiger partial charge in [0, 0.05) is 0 Å². The largest absolute Gasteiger partial charge is 0.490 e. The van der Waals surface area contributed by atoms with Crippen molar-refractivity contribution < 1.29 is 23.6 Å². The number of carbonyl (C=O) groups is 1. The summed E-state index contributed by atoms with van der Waals surface area (Å²) in [5.74, 6) is 0.210. The number of rotatable bonds is 10. The number of aromatic nitrogens is 2. The van der Waals surface area contributed by atoms with E-state index in [4.69, 9.17) is 9.47 Å². The number of nitrogens with one attached hydrogen (secondary N) is 1. The SMILES string of the molecule is CCOc1cc(/C=N/NC(=O)C(C)n2nc(C)c([N+](=O)[O-])c2C)ccc1OCc1ccc(F)cc1. The number of hydrogen-bond donors (Lipinski definition) is 1. The van der Waals surface area contributed by atoms with Crippen LogP contribution in [-0.4, -0.2) is 33.4 Å². The Kier molecular flexibility index (Phi) is 8.13. The summed E-state index contributed by atoms with van der Waals surface area (Å²) in [5.41, 5.74) is 4.30. The highest BCUT2D eigenvalue weighted by molar-refractivity contribution is 5.84. The molecule has 0 radical (unpaired) electrons. The highest BCUT2D eigenvalue weighted by Crippen LogP contribution is 2.29. The second-order valence-corrected chi connectivity index (χ2v) is 7.69. The van der Waals surface area contributed by atoms with Crippen LogP contribution in [0.2, 0.25) is 0 Å². The Morgan fingerprint density at radius 1 is 1.23 bits per heavy atom. The van der Waals surface area contributed by atoms with Gasteiger partial charge in [0.05, 0.1) is 17.7 Å². The Morgan fingerprint density at radius 2 is 1.94 bits per heavy atom. The number of halogens is 1. The van der Waals surface area contributed by atoms with Crippen LogP contribution in [0.3, 0.4) is 0 Å². The van der Waals surface area contributed by atoms with E-state index in [-0.39, 0.29) is 29.5 Å². The molecule has 1 N–H and O–H groups in total. The third-order valence-electron chi connectivity index (χ3n) is 5.18. The van der Waals surface area contributed by atoms with Crippen molar-refractivity contribution in [2.75, 3.05) is 6.61 Å². The number of nitro groups is 1. The molecule has 1 amide bonds. The molecule has 0 aliphatic carbocycles. The van der Waals surface area contributed by atoms with Gasteiger partial charge in [0.2, 0.25) is 0 Å². The zero-order chi connectivity index (χ0) is 25.5. The molecule has 184 valence electrons. The molecule has 0 aliphatic heterocycles. The summed E-state index contributed by atoms with van der Waals surface area (Å²) in [6, 6.07) is 10.4. The van der Waals surface area contributed by atoms with Gasteiger partial charge < -0.3 is 9.47 Å². The van der Waals surface area contributed by atoms with E-state index in [9.17, 15) is 19.3 Å². The summed E-state index contributed by atoms with van der Waals surface area (Å²) in [7, 11) is 0. The first-order chi connectivity index (χ1) is 16.7. The number of hydrazone groups is 1. The molecule has 2 aromatic carbocycles. The minimum atomic E-state index is -0.805. The maximum atomic E-state index is 13.1. The third kappa shape index (κ3) is 6.19. The molecule has 0 bridgehead atoms. The minimum absolute atomic E-state index is 0.113. The molecular weight excluding hydrogens is 457 g/mol. The lowest BCUT2D eigenvalue weighted by atomic mass is 10.2. The van der Waals surface area contributed by atoms with Crippen molar-refractivity contribution in [3.63, 3.8) is 0 Å². The van der Waals surface area contributed by atoms with Crippen LogP contribution in [0.5, 0.6) is 11.5 Å². The molecule has 1 aromatic heterocycles. The molecule has 0 spiro atoms. The number of aryl methyl sites for hydroxylation is 1. The maximum absolute atomic E-state index is 13.1. The topological polar surface area (TPSA) is 121 Å². The van der Waals surface area contributed by atoms with E-state index in [1.54, 1.807) is 44.2 Å². The molecule has 10 nitrogen and oxygen atoms in total. The molecule has 0 saturated heterocycles. The Balaban J connectivity index is 1.66. The Labute approximate surface area is 201 Å². The molecule has 1 heterocycles. The first-order valence-corrected chi connectivity index (χ1v) is 10.9. The van der Waals surface area contributed by atoms with E-state index in [0.29, 0.717) is 23.7 Å². The average molecular weight is 484 g/mol. The van der Waals surface area contributed by atoms with Gasteiger partial charge in [-0.3, -0.25) is 19.6 Å². The number of hydrogen-bond acceptors (Lipinski definition) is 7. The third-order valence-corrected chi connectivity index (χ3v) is 5.18. The van der Waals surface area contributed by atoms with Gasteiger partial charge in [0.25, 0.3) is 5.91 Å². The highest BCUT2D eigenvalue weighted by Gasteiger charge is 2.26. The molecule has 0 saturated carbocycles. The van der Waals surface area contributed by atoms with Gasteiger partial charge in [0.1, 0.15) is 29.9 Å². The van der Waals surface area contributed by atoms with Crippen LogP contribution in [0.4, 0.5) is 10.1 Å². The lowest BCUT2D eigenvalue weighted by molar-refractivity contribution is -0.386. The van der Waals surface area contributed by atoms with Crippen molar-refractivity contribution in [1.82, 2.24) is 15.2 Å². The van der Waals surface area contributed by atoms with Gasteiger partial charge in [0.15, 0.2) is 11.5 Å². The lowest BCUT2D eigenvalue weighted by Crippen LogP contribution is -2.28. The first-order valence-electron chi connectivity index (χ1n) is 10.9. The Morgan fingerprint density at radius 3 is 2.57 bits per heavy atom. The van der Waals surface area contributed by atoms with E-state index in [1.165, 1.54) is 30.0 Å². The highest BCUT2D eigenvalue weighted by atomic mass is 19.1. The quantitative estimate of drug-likeness (QED) is 0.262. The Hall–Kier alpha value is -4.28. The normalized spacial score (nSPS) is 11.9. The van der Waals surface area contributed by atoms with E-state index >= 15 is 0 Å². The zero-order valence-corrected chi connectivity index (χ0v) is 19.8. The molecule has 3 aromatic rings. The van der Waals surface area contributed by atoms with Crippen molar-refractivity contribution in [3.8, 4) is 11.5 Å². The molecule has 1 unspecified atom stereocenters. The second-order valence-electron chi connectivity index (χ2n) is 7.69. The van der Waals surface area contributed by atoms with E-state index < -0.39 is 16.9 Å². The van der Waals surface area contributed by atoms with Crippen LogP contribution in [-0.2, 0) is 11.4 Å². The van der Waals surface area contributed by atoms with Gasteiger partial charge in [-0.25, -0.2) is 9.82 Å². The molecule has 3 rings (SSSR count). The number of carbonyl (C=O) groups excluding carboxylic acids is 1. The van der Waals surface area contributed by atoms with Crippen molar-refractivity contribution in [3.05, 3.63) is 80.9 Å². The van der Waals surface area contributed by atoms with Crippen LogP contribution < -0.4 is 14.9 Å². The minimum Gasteiger partial charge on any atom is -0.490 e. The van der Waals surface area contributed by atoms with Crippen molar-refractivity contribution in [2.45, 2.75) is 40.3 Å². The standard InChI is InChI=1S/C24H26FN5O5/c1-5-34-22-12-19(8-11-21(22)35-14-18-6-9-20(25)10-7-18)13-26-27-24(31)17(4)29-16(3)23(30(32)33)15(2)28-29/h6-13,17H,5,14H2,1-4H3,(H,27,31)/b26-13+. The van der Waals surface area contributed by atoms with Gasteiger partial charge >= 0.3 is 5.69 Å². The lowest BCUT2D eigenvalue weighted by Gasteiger charge is -2.13. The predicted molar refractivity (Wildman–Crippen MR) is 127 cm³/mol. The fourth-order valence-corrected chi connectivity index (χ4v) is 3.40. The second kappa shape index (κ2) is 11.2. The van der Waals surface area contributed by atoms with Crippen LogP contribution in [0.15, 0.2) is 47.6 Å². The fourth-order valence-electron chi connectivity index (χ4n) is 3.40. The van der Waals surface area contributed by atoms with Crippen LogP contribution in [0.1, 0.15) is 42.4 Å². The summed E-state index contributed by atoms with van der Waals surface area (Å²) in [5, 5.41) is 19.3. The molecule has 0 fully saturated rings. The van der Waals surface area contributed by atoms with Gasteiger partial charge in [-0.1, -0.05) is 12.1 Å². The van der Waals surface area contributed by atoms with Crippen molar-refractivity contribution in [1.29, 1.82) is 0 Å². The monoisotopic (exact) mass is 483 g/mol. The van der Waals surface area contributed by atoms with E-state index in [2.05, 4.69) is 15.6 Å². The Bertz CT molecular complexity index is 1240. The number of amides is 1.